The number of rotatable bonds is 7. The van der Waals surface area contributed by atoms with Gasteiger partial charge in [0.15, 0.2) is 0 Å². The second kappa shape index (κ2) is 9.33. The van der Waals surface area contributed by atoms with Crippen LogP contribution < -0.4 is 0 Å². The zero-order chi connectivity index (χ0) is 20.6. The van der Waals surface area contributed by atoms with Crippen LogP contribution in [0, 0.1) is 0 Å². The first-order chi connectivity index (χ1) is 12.3. The molecule has 0 heterocycles. The predicted octanol–water partition coefficient (Wildman–Crippen LogP) is 6.22. The molecular weight excluding hydrogens is 413 g/mol. The number of halogens is 6. The van der Waals surface area contributed by atoms with Gasteiger partial charge in [-0.05, 0) is 35.2 Å². The Morgan fingerprint density at radius 1 is 0.815 bits per heavy atom. The van der Waals surface area contributed by atoms with E-state index in [1.165, 1.54) is 43.2 Å². The van der Waals surface area contributed by atoms with Gasteiger partial charge >= 0.3 is 33.0 Å². The summed E-state index contributed by atoms with van der Waals surface area (Å²) in [6, 6.07) is 9.09. The van der Waals surface area contributed by atoms with Gasteiger partial charge in [0.1, 0.15) is 17.3 Å². The van der Waals surface area contributed by atoms with Gasteiger partial charge in [-0.25, -0.2) is 0 Å². The summed E-state index contributed by atoms with van der Waals surface area (Å²) >= 11 is 0. The molecule has 10 heteroatoms. The second-order valence-electron chi connectivity index (χ2n) is 6.65. The molecule has 2 N–H and O–H groups in total. The van der Waals surface area contributed by atoms with E-state index in [1.54, 1.807) is 0 Å². The van der Waals surface area contributed by atoms with Crippen molar-refractivity contribution in [1.29, 1.82) is 0 Å². The van der Waals surface area contributed by atoms with Crippen molar-refractivity contribution in [3.8, 4) is 0 Å². The van der Waals surface area contributed by atoms with Gasteiger partial charge in [-0.3, -0.25) is 0 Å². The molecule has 160 valence electrons. The van der Waals surface area contributed by atoms with E-state index in [1.807, 2.05) is 0 Å². The molecule has 1 aliphatic rings. The molecule has 0 unspecified atom stereocenters. The van der Waals surface area contributed by atoms with Crippen LogP contribution >= 0.6 is 7.81 Å². The maximum atomic E-state index is 9.87. The van der Waals surface area contributed by atoms with Crippen LogP contribution in [0.25, 0.3) is 0 Å². The van der Waals surface area contributed by atoms with Gasteiger partial charge in [-0.15, -0.1) is 0 Å². The molecule has 0 spiro atoms. The Hall–Kier alpha value is -0.500. The summed E-state index contributed by atoms with van der Waals surface area (Å²) in [5.41, 5.74) is 2.84. The molecule has 1 aromatic rings. The van der Waals surface area contributed by atoms with Gasteiger partial charge in [0, 0.05) is 5.56 Å². The Morgan fingerprint density at radius 3 is 1.67 bits per heavy atom. The van der Waals surface area contributed by atoms with E-state index in [9.17, 15) is 25.2 Å². The SMILES string of the molecule is F[P-](F)(F)(F)(F)F.OCC[S+](CCO)Cc1ccc(C2CCCCC2)cc1. The first-order valence-corrected chi connectivity index (χ1v) is 12.6. The van der Waals surface area contributed by atoms with Crippen LogP contribution in [0.3, 0.4) is 0 Å². The molecule has 0 amide bonds. The molecule has 1 saturated carbocycles. The number of aliphatic hydroxyl groups excluding tert-OH is 2. The molecule has 0 aromatic heterocycles. The van der Waals surface area contributed by atoms with E-state index in [4.69, 9.17) is 10.2 Å². The summed E-state index contributed by atoms with van der Waals surface area (Å²) in [6.07, 6.45) is 6.85. The fourth-order valence-electron chi connectivity index (χ4n) is 3.06. The van der Waals surface area contributed by atoms with Crippen LogP contribution in [0.2, 0.25) is 0 Å². The molecule has 1 aliphatic carbocycles. The fourth-order valence-corrected chi connectivity index (χ4v) is 4.74. The first kappa shape index (κ1) is 24.5. The van der Waals surface area contributed by atoms with Crippen molar-refractivity contribution in [3.63, 3.8) is 0 Å². The van der Waals surface area contributed by atoms with Gasteiger partial charge in [0.25, 0.3) is 0 Å². The maximum absolute atomic E-state index is 10.7. The van der Waals surface area contributed by atoms with Crippen LogP contribution in [0.4, 0.5) is 25.2 Å². The van der Waals surface area contributed by atoms with Crippen molar-refractivity contribution in [2.75, 3.05) is 24.7 Å². The van der Waals surface area contributed by atoms with Crippen molar-refractivity contribution in [2.24, 2.45) is 0 Å². The number of hydrogen-bond acceptors (Lipinski definition) is 2. The minimum absolute atomic E-state index is 0.113. The molecular formula is C17H27F6O2PS. The molecule has 0 bridgehead atoms. The number of benzene rings is 1. The van der Waals surface area contributed by atoms with E-state index in [0.29, 0.717) is 0 Å². The third kappa shape index (κ3) is 14.2. The van der Waals surface area contributed by atoms with Gasteiger partial charge in [0.05, 0.1) is 13.2 Å². The van der Waals surface area contributed by atoms with Gasteiger partial charge in [-0.2, -0.15) is 0 Å². The van der Waals surface area contributed by atoms with Crippen LogP contribution in [0.1, 0.15) is 49.1 Å². The third-order valence-electron chi connectivity index (χ3n) is 4.19. The van der Waals surface area contributed by atoms with Crippen molar-refractivity contribution in [2.45, 2.75) is 43.8 Å². The first-order valence-electron chi connectivity index (χ1n) is 8.79. The van der Waals surface area contributed by atoms with Crippen molar-refractivity contribution >= 4 is 18.7 Å². The summed E-state index contributed by atoms with van der Waals surface area (Å²) in [7, 11) is -10.5. The van der Waals surface area contributed by atoms with Crippen molar-refractivity contribution < 1.29 is 35.4 Å². The second-order valence-corrected chi connectivity index (χ2v) is 10.9. The average Bonchev–Trinajstić information content (AvgIpc) is 2.54. The Bertz CT molecular complexity index is 541. The molecule has 0 saturated heterocycles. The van der Waals surface area contributed by atoms with E-state index in [0.717, 1.165) is 23.2 Å². The van der Waals surface area contributed by atoms with Crippen LogP contribution in [-0.4, -0.2) is 34.9 Å². The minimum atomic E-state index is -10.7. The summed E-state index contributed by atoms with van der Waals surface area (Å²) in [4.78, 5) is 0. The molecule has 1 aromatic carbocycles. The molecule has 0 atom stereocenters. The molecule has 1 fully saturated rings. The molecule has 2 nitrogen and oxygen atoms in total. The van der Waals surface area contributed by atoms with Crippen LogP contribution in [-0.2, 0) is 16.6 Å². The summed E-state index contributed by atoms with van der Waals surface area (Å²) in [5, 5.41) is 18.2. The summed E-state index contributed by atoms with van der Waals surface area (Å²) in [5.74, 6) is 3.38. The summed E-state index contributed by atoms with van der Waals surface area (Å²) < 4.78 is 59.2. The largest absolute Gasteiger partial charge is 0.391 e. The zero-order valence-electron chi connectivity index (χ0n) is 15.0. The van der Waals surface area contributed by atoms with Gasteiger partial charge in [0.2, 0.25) is 0 Å². The van der Waals surface area contributed by atoms with Gasteiger partial charge in [-0.1, -0.05) is 43.5 Å². The topological polar surface area (TPSA) is 40.5 Å². The summed E-state index contributed by atoms with van der Waals surface area (Å²) in [6.45, 7) is 0.451. The minimum Gasteiger partial charge on any atom is -0.391 e. The van der Waals surface area contributed by atoms with Crippen molar-refractivity contribution in [3.05, 3.63) is 35.4 Å². The zero-order valence-corrected chi connectivity index (χ0v) is 16.7. The Balaban J connectivity index is 0.000000445. The van der Waals surface area contributed by atoms with Gasteiger partial charge < -0.3 is 10.2 Å². The molecule has 0 radical (unpaired) electrons. The Morgan fingerprint density at radius 2 is 1.26 bits per heavy atom. The number of hydrogen-bond donors (Lipinski definition) is 2. The van der Waals surface area contributed by atoms with E-state index < -0.39 is 7.81 Å². The number of aliphatic hydroxyl groups is 2. The molecule has 27 heavy (non-hydrogen) atoms. The maximum Gasteiger partial charge on any atom is 0.133 e. The fraction of sp³-hybridized carbons (Fsp3) is 0.647. The third-order valence-corrected chi connectivity index (χ3v) is 6.45. The monoisotopic (exact) mass is 440 g/mol. The van der Waals surface area contributed by atoms with E-state index in [2.05, 4.69) is 24.3 Å². The molecule has 2 rings (SSSR count). The van der Waals surface area contributed by atoms with Crippen LogP contribution in [0.5, 0.6) is 0 Å². The Kier molecular flexibility index (Phi) is 8.48. The molecule has 0 aliphatic heterocycles. The van der Waals surface area contributed by atoms with Crippen LogP contribution in [0.15, 0.2) is 24.3 Å². The standard InChI is InChI=1S/C17H27O2S.F6P/c18-10-12-20(13-11-19)14-15-6-8-17(9-7-15)16-4-2-1-3-5-16;1-7(2,3,4,5)6/h6-9,16,18-19H,1-5,10-14H2;/q+1;-1. The van der Waals surface area contributed by atoms with Crippen molar-refractivity contribution in [1.82, 2.24) is 0 Å². The van der Waals surface area contributed by atoms with E-state index >= 15 is 0 Å². The smallest absolute Gasteiger partial charge is 0.133 e. The predicted molar refractivity (Wildman–Crippen MR) is 101 cm³/mol. The normalized spacial score (nSPS) is 18.4. The average molecular weight is 440 g/mol. The van der Waals surface area contributed by atoms with E-state index in [-0.39, 0.29) is 24.1 Å². The quantitative estimate of drug-likeness (QED) is 0.300. The Labute approximate surface area is 158 Å².